The van der Waals surface area contributed by atoms with E-state index in [9.17, 15) is 8.42 Å². The zero-order chi connectivity index (χ0) is 13.9. The molecule has 4 nitrogen and oxygen atoms in total. The molecule has 0 spiro atoms. The fourth-order valence-electron chi connectivity index (χ4n) is 3.45. The highest BCUT2D eigenvalue weighted by Crippen LogP contribution is 2.25. The SMILES string of the molecule is CC1CC(C)CN(S(=O)(=O)CCC2CCNCC2)C1. The molecule has 0 aromatic carbocycles. The molecule has 2 atom stereocenters. The summed E-state index contributed by atoms with van der Waals surface area (Å²) in [5.74, 6) is 1.93. The predicted molar refractivity (Wildman–Crippen MR) is 78.5 cm³/mol. The van der Waals surface area contributed by atoms with Crippen LogP contribution in [-0.2, 0) is 10.0 Å². The second-order valence-electron chi connectivity index (χ2n) is 6.56. The maximum Gasteiger partial charge on any atom is 0.214 e. The van der Waals surface area contributed by atoms with Crippen molar-refractivity contribution >= 4 is 10.0 Å². The average Bonchev–Trinajstić information content (AvgIpc) is 2.37. The van der Waals surface area contributed by atoms with Crippen LogP contribution < -0.4 is 5.32 Å². The Hall–Kier alpha value is -0.130. The molecule has 2 aliphatic rings. The summed E-state index contributed by atoms with van der Waals surface area (Å²) < 4.78 is 26.6. The Morgan fingerprint density at radius 3 is 2.26 bits per heavy atom. The first-order chi connectivity index (χ1) is 8.97. The molecular weight excluding hydrogens is 260 g/mol. The van der Waals surface area contributed by atoms with Crippen LogP contribution in [0.2, 0.25) is 0 Å². The molecule has 0 bridgehead atoms. The van der Waals surface area contributed by atoms with E-state index in [1.54, 1.807) is 4.31 Å². The third-order valence-electron chi connectivity index (χ3n) is 4.47. The Bertz CT molecular complexity index is 367. The zero-order valence-corrected chi connectivity index (χ0v) is 13.1. The van der Waals surface area contributed by atoms with Crippen LogP contribution in [0.25, 0.3) is 0 Å². The lowest BCUT2D eigenvalue weighted by molar-refractivity contribution is 0.222. The van der Waals surface area contributed by atoms with E-state index in [-0.39, 0.29) is 0 Å². The first kappa shape index (κ1) is 15.3. The normalized spacial score (nSPS) is 31.5. The lowest BCUT2D eigenvalue weighted by atomic mass is 9.94. The summed E-state index contributed by atoms with van der Waals surface area (Å²) in [5, 5.41) is 3.33. The third-order valence-corrected chi connectivity index (χ3v) is 6.31. The molecule has 2 rings (SSSR count). The van der Waals surface area contributed by atoms with Gasteiger partial charge < -0.3 is 5.32 Å². The summed E-state index contributed by atoms with van der Waals surface area (Å²) >= 11 is 0. The van der Waals surface area contributed by atoms with Gasteiger partial charge >= 0.3 is 0 Å². The molecule has 0 aliphatic carbocycles. The topological polar surface area (TPSA) is 49.4 Å². The summed E-state index contributed by atoms with van der Waals surface area (Å²) in [4.78, 5) is 0. The van der Waals surface area contributed by atoms with Crippen LogP contribution in [0.3, 0.4) is 0 Å². The summed E-state index contributed by atoms with van der Waals surface area (Å²) in [6.45, 7) is 7.85. The molecular formula is C14H28N2O2S. The average molecular weight is 288 g/mol. The number of sulfonamides is 1. The highest BCUT2D eigenvalue weighted by Gasteiger charge is 2.30. The van der Waals surface area contributed by atoms with Gasteiger partial charge in [-0.2, -0.15) is 0 Å². The number of hydrogen-bond acceptors (Lipinski definition) is 3. The van der Waals surface area contributed by atoms with Crippen LogP contribution in [0.5, 0.6) is 0 Å². The highest BCUT2D eigenvalue weighted by atomic mass is 32.2. The molecule has 2 unspecified atom stereocenters. The van der Waals surface area contributed by atoms with Gasteiger partial charge in [0.25, 0.3) is 0 Å². The Morgan fingerprint density at radius 1 is 1.11 bits per heavy atom. The van der Waals surface area contributed by atoms with Crippen LogP contribution in [-0.4, -0.2) is 44.7 Å². The van der Waals surface area contributed by atoms with E-state index in [0.717, 1.165) is 51.9 Å². The number of nitrogens with one attached hydrogen (secondary N) is 1. The van der Waals surface area contributed by atoms with Gasteiger partial charge in [-0.1, -0.05) is 13.8 Å². The van der Waals surface area contributed by atoms with Gasteiger partial charge in [0.15, 0.2) is 0 Å². The van der Waals surface area contributed by atoms with Crippen molar-refractivity contribution < 1.29 is 8.42 Å². The van der Waals surface area contributed by atoms with Crippen LogP contribution in [0.1, 0.15) is 39.5 Å². The molecule has 2 fully saturated rings. The van der Waals surface area contributed by atoms with Gasteiger partial charge in [0.05, 0.1) is 5.75 Å². The lowest BCUT2D eigenvalue weighted by Crippen LogP contribution is -2.44. The second kappa shape index (κ2) is 6.55. The Balaban J connectivity index is 1.86. The molecule has 0 amide bonds. The van der Waals surface area contributed by atoms with E-state index >= 15 is 0 Å². The fraction of sp³-hybridized carbons (Fsp3) is 1.00. The van der Waals surface area contributed by atoms with Crippen LogP contribution >= 0.6 is 0 Å². The lowest BCUT2D eigenvalue weighted by Gasteiger charge is -2.34. The maximum atomic E-state index is 12.4. The van der Waals surface area contributed by atoms with Gasteiger partial charge in [-0.25, -0.2) is 12.7 Å². The molecule has 112 valence electrons. The Morgan fingerprint density at radius 2 is 1.68 bits per heavy atom. The molecule has 0 aromatic rings. The van der Waals surface area contributed by atoms with Gasteiger partial charge in [-0.05, 0) is 56.5 Å². The monoisotopic (exact) mass is 288 g/mol. The standard InChI is InChI=1S/C14H28N2O2S/c1-12-9-13(2)11-16(10-12)19(17,18)8-5-14-3-6-15-7-4-14/h12-15H,3-11H2,1-2H3. The van der Waals surface area contributed by atoms with Crippen molar-refractivity contribution in [1.29, 1.82) is 0 Å². The molecule has 2 aliphatic heterocycles. The second-order valence-corrected chi connectivity index (χ2v) is 8.65. The fourth-order valence-corrected chi connectivity index (χ4v) is 5.30. The van der Waals surface area contributed by atoms with Crippen LogP contribution in [0.4, 0.5) is 0 Å². The molecule has 2 saturated heterocycles. The van der Waals surface area contributed by atoms with Gasteiger partial charge in [-0.15, -0.1) is 0 Å². The van der Waals surface area contributed by atoms with Crippen LogP contribution in [0.15, 0.2) is 0 Å². The van der Waals surface area contributed by atoms with Gasteiger partial charge in [-0.3, -0.25) is 0 Å². The molecule has 19 heavy (non-hydrogen) atoms. The highest BCUT2D eigenvalue weighted by molar-refractivity contribution is 7.89. The van der Waals surface area contributed by atoms with E-state index in [1.807, 2.05) is 0 Å². The van der Waals surface area contributed by atoms with Crippen molar-refractivity contribution in [2.45, 2.75) is 39.5 Å². The van der Waals surface area contributed by atoms with Crippen molar-refractivity contribution in [3.05, 3.63) is 0 Å². The van der Waals surface area contributed by atoms with Gasteiger partial charge in [0, 0.05) is 13.1 Å². The van der Waals surface area contributed by atoms with Crippen molar-refractivity contribution in [2.24, 2.45) is 17.8 Å². The number of piperidine rings is 2. The van der Waals surface area contributed by atoms with E-state index in [1.165, 1.54) is 0 Å². The Labute approximate surface area is 118 Å². The minimum Gasteiger partial charge on any atom is -0.317 e. The van der Waals surface area contributed by atoms with E-state index in [4.69, 9.17) is 0 Å². The van der Waals surface area contributed by atoms with E-state index < -0.39 is 10.0 Å². The third kappa shape index (κ3) is 4.43. The van der Waals surface area contributed by atoms with Crippen molar-refractivity contribution in [3.63, 3.8) is 0 Å². The minimum absolute atomic E-state index is 0.344. The summed E-state index contributed by atoms with van der Waals surface area (Å²) in [6, 6.07) is 0. The minimum atomic E-state index is -3.04. The summed E-state index contributed by atoms with van der Waals surface area (Å²) in [5.41, 5.74) is 0. The largest absolute Gasteiger partial charge is 0.317 e. The maximum absolute atomic E-state index is 12.4. The molecule has 2 heterocycles. The first-order valence-electron chi connectivity index (χ1n) is 7.66. The van der Waals surface area contributed by atoms with Gasteiger partial charge in [0.1, 0.15) is 0 Å². The first-order valence-corrected chi connectivity index (χ1v) is 9.27. The Kier molecular flexibility index (Phi) is 5.26. The molecule has 5 heteroatoms. The van der Waals surface area contributed by atoms with Gasteiger partial charge in [0.2, 0.25) is 10.0 Å². The zero-order valence-electron chi connectivity index (χ0n) is 12.3. The van der Waals surface area contributed by atoms with E-state index in [0.29, 0.717) is 23.5 Å². The molecule has 0 saturated carbocycles. The molecule has 0 radical (unpaired) electrons. The summed E-state index contributed by atoms with van der Waals surface area (Å²) in [6.07, 6.45) is 4.24. The number of nitrogens with zero attached hydrogens (tertiary/aromatic N) is 1. The van der Waals surface area contributed by atoms with Crippen molar-refractivity contribution in [3.8, 4) is 0 Å². The van der Waals surface area contributed by atoms with Crippen molar-refractivity contribution in [2.75, 3.05) is 31.9 Å². The summed E-state index contributed by atoms with van der Waals surface area (Å²) in [7, 11) is -3.04. The predicted octanol–water partition coefficient (Wildman–Crippen LogP) is 1.68. The number of hydrogen-bond donors (Lipinski definition) is 1. The number of rotatable bonds is 4. The van der Waals surface area contributed by atoms with Crippen molar-refractivity contribution in [1.82, 2.24) is 9.62 Å². The molecule has 1 N–H and O–H groups in total. The molecule has 0 aromatic heterocycles. The van der Waals surface area contributed by atoms with Crippen LogP contribution in [0, 0.1) is 17.8 Å². The smallest absolute Gasteiger partial charge is 0.214 e. The van der Waals surface area contributed by atoms with E-state index in [2.05, 4.69) is 19.2 Å². The quantitative estimate of drug-likeness (QED) is 0.856.